The molecule has 1 aromatic rings. The van der Waals surface area contributed by atoms with Crippen LogP contribution in [0.3, 0.4) is 0 Å². The zero-order valence-electron chi connectivity index (χ0n) is 27.9. The first-order valence-corrected chi connectivity index (χ1v) is 18.9. The van der Waals surface area contributed by atoms with Gasteiger partial charge in [-0.15, -0.1) is 0 Å². The number of hydrogen-bond acceptors (Lipinski definition) is 6. The summed E-state index contributed by atoms with van der Waals surface area (Å²) in [5, 5.41) is 3.34. The highest BCUT2D eigenvalue weighted by molar-refractivity contribution is 7.90. The van der Waals surface area contributed by atoms with Crippen molar-refractivity contribution in [3.63, 3.8) is 0 Å². The molecule has 1 aromatic carbocycles. The zero-order chi connectivity index (χ0) is 33.4. The molecule has 2 heterocycles. The second kappa shape index (κ2) is 16.4. The van der Waals surface area contributed by atoms with E-state index in [2.05, 4.69) is 21.5 Å². The van der Waals surface area contributed by atoms with E-state index in [1.807, 2.05) is 39.8 Å². The van der Waals surface area contributed by atoms with Crippen LogP contribution in [-0.4, -0.2) is 51.2 Å². The molecule has 254 valence electrons. The lowest BCUT2D eigenvalue weighted by Crippen LogP contribution is -2.51. The Morgan fingerprint density at radius 2 is 1.93 bits per heavy atom. The fraction of sp³-hybridized carbons (Fsp3) is 0.611. The summed E-state index contributed by atoms with van der Waals surface area (Å²) in [5.41, 5.74) is 2.94. The maximum Gasteiger partial charge on any atom is 0.264 e. The lowest BCUT2D eigenvalue weighted by atomic mass is 9.68. The number of ether oxygens (including phenoxy) is 1. The van der Waals surface area contributed by atoms with E-state index in [0.717, 1.165) is 74.9 Å². The maximum atomic E-state index is 13.4. The normalized spacial score (nSPS) is 27.5. The molecule has 0 unspecified atom stereocenters. The van der Waals surface area contributed by atoms with E-state index in [1.165, 1.54) is 0 Å². The lowest BCUT2D eigenvalue weighted by Gasteiger charge is -2.45. The van der Waals surface area contributed by atoms with Crippen LogP contribution in [0.5, 0.6) is 5.75 Å². The minimum Gasteiger partial charge on any atom is -0.487 e. The highest BCUT2D eigenvalue weighted by atomic mass is 35.5. The molecule has 0 aromatic heterocycles. The van der Waals surface area contributed by atoms with Gasteiger partial charge in [0.05, 0.1) is 10.9 Å². The van der Waals surface area contributed by atoms with Crippen molar-refractivity contribution in [2.45, 2.75) is 103 Å². The molecule has 0 spiro atoms. The van der Waals surface area contributed by atoms with E-state index < -0.39 is 21.2 Å². The number of rotatable bonds is 4. The van der Waals surface area contributed by atoms with Gasteiger partial charge in [-0.1, -0.05) is 57.9 Å². The molecule has 46 heavy (non-hydrogen) atoms. The van der Waals surface area contributed by atoms with E-state index in [9.17, 15) is 18.0 Å². The van der Waals surface area contributed by atoms with Crippen LogP contribution in [0.1, 0.15) is 102 Å². The van der Waals surface area contributed by atoms with Gasteiger partial charge in [0.25, 0.3) is 5.91 Å². The van der Waals surface area contributed by atoms with Crippen molar-refractivity contribution in [2.75, 3.05) is 24.6 Å². The highest BCUT2D eigenvalue weighted by Gasteiger charge is 2.39. The van der Waals surface area contributed by atoms with Crippen LogP contribution in [-0.2, 0) is 14.8 Å². The minimum atomic E-state index is -3.89. The van der Waals surface area contributed by atoms with Crippen LogP contribution in [0.2, 0.25) is 0 Å². The lowest BCUT2D eigenvalue weighted by molar-refractivity contribution is -0.125. The number of nitrogens with zero attached hydrogens (tertiary/aromatic N) is 1. The number of hydrogen-bond donors (Lipinski definition) is 2. The quantitative estimate of drug-likeness (QED) is 0.349. The molecule has 8 nitrogen and oxygen atoms in total. The van der Waals surface area contributed by atoms with E-state index in [-0.39, 0.29) is 30.0 Å². The SMILES string of the molecule is C=C1COc2ccc3cc2N(CCCC/C1=C/C(Cl)=C\C)C[C@@H]1CC[C@H]1[C@H](NC(=O)C(C)C)CCCC[C@@H](CC)S(=O)(=O)NC3=O. The van der Waals surface area contributed by atoms with Crippen LogP contribution >= 0.6 is 11.6 Å². The molecular weight excluding hydrogens is 622 g/mol. The summed E-state index contributed by atoms with van der Waals surface area (Å²) in [6, 6.07) is 5.20. The number of carbonyl (C=O) groups is 2. The van der Waals surface area contributed by atoms with E-state index >= 15 is 0 Å². The molecule has 0 saturated heterocycles. The van der Waals surface area contributed by atoms with Crippen molar-refractivity contribution < 1.29 is 22.7 Å². The number of fused-ring (bicyclic) bond motifs is 2. The molecular formula is C36H52ClN3O5S. The van der Waals surface area contributed by atoms with E-state index in [4.69, 9.17) is 16.3 Å². The van der Waals surface area contributed by atoms with Gasteiger partial charge in [-0.05, 0) is 106 Å². The van der Waals surface area contributed by atoms with Crippen molar-refractivity contribution in [3.8, 4) is 5.75 Å². The first-order valence-electron chi connectivity index (χ1n) is 17.0. The Labute approximate surface area is 281 Å². The summed E-state index contributed by atoms with van der Waals surface area (Å²) in [7, 11) is -3.89. The van der Waals surface area contributed by atoms with Gasteiger partial charge >= 0.3 is 0 Å². The molecule has 4 atom stereocenters. The maximum absolute atomic E-state index is 13.4. The molecule has 3 aliphatic rings. The third-order valence-electron chi connectivity index (χ3n) is 9.85. The van der Waals surface area contributed by atoms with Crippen LogP contribution in [0.15, 0.2) is 53.1 Å². The molecule has 2 N–H and O–H groups in total. The summed E-state index contributed by atoms with van der Waals surface area (Å²) in [6.45, 7) is 13.6. The summed E-state index contributed by atoms with van der Waals surface area (Å²) < 4.78 is 35.5. The Morgan fingerprint density at radius 3 is 2.61 bits per heavy atom. The van der Waals surface area contributed by atoms with Crippen molar-refractivity contribution >= 4 is 39.1 Å². The topological polar surface area (TPSA) is 105 Å². The molecule has 10 heteroatoms. The van der Waals surface area contributed by atoms with Crippen molar-refractivity contribution in [1.29, 1.82) is 0 Å². The number of halogens is 1. The first kappa shape index (κ1) is 36.1. The van der Waals surface area contributed by atoms with E-state index in [1.54, 1.807) is 18.2 Å². The zero-order valence-corrected chi connectivity index (χ0v) is 29.5. The van der Waals surface area contributed by atoms with Gasteiger partial charge in [0.2, 0.25) is 15.9 Å². The average molecular weight is 674 g/mol. The fourth-order valence-corrected chi connectivity index (χ4v) is 8.37. The molecule has 1 aliphatic carbocycles. The number of allylic oxidation sites excluding steroid dienone is 3. The molecule has 2 aliphatic heterocycles. The second-order valence-corrected chi connectivity index (χ2v) is 15.8. The van der Waals surface area contributed by atoms with Crippen molar-refractivity contribution in [2.24, 2.45) is 17.8 Å². The van der Waals surface area contributed by atoms with Gasteiger partial charge < -0.3 is 15.0 Å². The highest BCUT2D eigenvalue weighted by Crippen LogP contribution is 2.42. The summed E-state index contributed by atoms with van der Waals surface area (Å²) >= 11 is 6.37. The molecule has 2 amide bonds. The fourth-order valence-electron chi connectivity index (χ4n) is 6.78. The number of sulfonamides is 1. The summed E-state index contributed by atoms with van der Waals surface area (Å²) in [6.07, 6.45) is 11.7. The van der Waals surface area contributed by atoms with E-state index in [0.29, 0.717) is 41.9 Å². The van der Waals surface area contributed by atoms with Crippen LogP contribution in [0.4, 0.5) is 5.69 Å². The molecule has 4 rings (SSSR count). The van der Waals surface area contributed by atoms with Gasteiger partial charge in [-0.2, -0.15) is 0 Å². The standard InChI is InChI=1S/C36H52ClN3O5S/c1-6-29(37)20-26-12-10-11-19-40-22-28-15-17-31(28)32(38-35(41)24(3)4)14-9-8-13-30(7-2)46(43,44)39-36(42)27-16-18-34(33(40)21-27)45-23-25(26)5/h6,16,18,20-21,24,28,30-32H,5,7-15,17,19,22-23H2,1-4H3,(H,38,41)(H,39,42)/b26-20-,29-6+/t28-,30+,31+,32+/m0/s1. The Balaban J connectivity index is 1.74. The third-order valence-corrected chi connectivity index (χ3v) is 12.1. The predicted octanol–water partition coefficient (Wildman–Crippen LogP) is 7.26. The molecule has 1 fully saturated rings. The Morgan fingerprint density at radius 1 is 1.17 bits per heavy atom. The van der Waals surface area contributed by atoms with Gasteiger partial charge in [0, 0.05) is 35.6 Å². The van der Waals surface area contributed by atoms with Crippen LogP contribution in [0.25, 0.3) is 0 Å². The minimum absolute atomic E-state index is 0.0383. The van der Waals surface area contributed by atoms with Gasteiger partial charge in [-0.25, -0.2) is 13.1 Å². The smallest absolute Gasteiger partial charge is 0.264 e. The largest absolute Gasteiger partial charge is 0.487 e. The molecule has 2 bridgehead atoms. The Kier molecular flexibility index (Phi) is 12.8. The Bertz CT molecular complexity index is 1440. The third kappa shape index (κ3) is 9.18. The number of carbonyl (C=O) groups excluding carboxylic acids is 2. The van der Waals surface area contributed by atoms with Crippen molar-refractivity contribution in [3.05, 3.63) is 58.7 Å². The predicted molar refractivity (Wildman–Crippen MR) is 187 cm³/mol. The van der Waals surface area contributed by atoms with Gasteiger partial charge in [-0.3, -0.25) is 9.59 Å². The second-order valence-electron chi connectivity index (χ2n) is 13.4. The van der Waals surface area contributed by atoms with Crippen LogP contribution in [0, 0.1) is 17.8 Å². The first-order chi connectivity index (χ1) is 21.9. The van der Waals surface area contributed by atoms with Crippen molar-refractivity contribution in [1.82, 2.24) is 10.0 Å². The average Bonchev–Trinajstić information content (AvgIpc) is 3.02. The molecule has 1 saturated carbocycles. The van der Waals surface area contributed by atoms with Crippen LogP contribution < -0.4 is 19.7 Å². The monoisotopic (exact) mass is 673 g/mol. The number of nitrogens with one attached hydrogen (secondary N) is 2. The van der Waals surface area contributed by atoms with Gasteiger partial charge in [0.15, 0.2) is 0 Å². The number of benzene rings is 1. The summed E-state index contributed by atoms with van der Waals surface area (Å²) in [5.74, 6) is 0.629. The summed E-state index contributed by atoms with van der Waals surface area (Å²) in [4.78, 5) is 28.6. The number of amides is 2. The number of anilines is 1. The Hall–Kier alpha value is -2.78. The molecule has 0 radical (unpaired) electrons. The van der Waals surface area contributed by atoms with Gasteiger partial charge in [0.1, 0.15) is 12.4 Å².